The highest BCUT2D eigenvalue weighted by atomic mass is 79.9. The summed E-state index contributed by atoms with van der Waals surface area (Å²) in [5.74, 6) is -0.369. The van der Waals surface area contributed by atoms with Gasteiger partial charge in [0.15, 0.2) is 0 Å². The molecule has 2 aromatic rings. The van der Waals surface area contributed by atoms with E-state index < -0.39 is 0 Å². The molecule has 0 unspecified atom stereocenters. The van der Waals surface area contributed by atoms with Gasteiger partial charge in [-0.15, -0.1) is 0 Å². The molecule has 1 aromatic heterocycles. The fourth-order valence-electron chi connectivity index (χ4n) is 1.40. The van der Waals surface area contributed by atoms with Crippen molar-refractivity contribution in [2.24, 2.45) is 0 Å². The summed E-state index contributed by atoms with van der Waals surface area (Å²) >= 11 is 21.0. The molecule has 1 aromatic carbocycles. The van der Waals surface area contributed by atoms with Gasteiger partial charge in [0.25, 0.3) is 5.91 Å². The maximum absolute atomic E-state index is 12.1. The monoisotopic (exact) mass is 378 g/mol. The summed E-state index contributed by atoms with van der Waals surface area (Å²) in [6.45, 7) is 0. The van der Waals surface area contributed by atoms with Gasteiger partial charge in [-0.2, -0.15) is 0 Å². The minimum atomic E-state index is -0.369. The number of nitrogens with zero attached hydrogens (tertiary/aromatic N) is 1. The average molecular weight is 380 g/mol. The molecule has 0 saturated carbocycles. The molecule has 0 aliphatic carbocycles. The van der Waals surface area contributed by atoms with Crippen LogP contribution in [-0.2, 0) is 0 Å². The molecule has 0 bridgehead atoms. The number of benzene rings is 1. The first-order valence-corrected chi connectivity index (χ1v) is 6.98. The largest absolute Gasteiger partial charge is 0.319 e. The highest BCUT2D eigenvalue weighted by Crippen LogP contribution is 2.34. The molecule has 2 rings (SSSR count). The Morgan fingerprint density at radius 3 is 2.42 bits per heavy atom. The maximum Gasteiger partial charge on any atom is 0.258 e. The van der Waals surface area contributed by atoms with Gasteiger partial charge in [-0.3, -0.25) is 4.79 Å². The lowest BCUT2D eigenvalue weighted by Gasteiger charge is -2.10. The van der Waals surface area contributed by atoms with Crippen LogP contribution in [0.25, 0.3) is 0 Å². The summed E-state index contributed by atoms with van der Waals surface area (Å²) in [7, 11) is 0. The van der Waals surface area contributed by atoms with Crippen LogP contribution in [0.5, 0.6) is 0 Å². The minimum absolute atomic E-state index is 0.269. The van der Waals surface area contributed by atoms with Crippen LogP contribution in [0, 0.1) is 0 Å². The van der Waals surface area contributed by atoms with E-state index in [-0.39, 0.29) is 16.0 Å². The fourth-order valence-corrected chi connectivity index (χ4v) is 2.74. The molecule has 7 heteroatoms. The highest BCUT2D eigenvalue weighted by molar-refractivity contribution is 9.10. The van der Waals surface area contributed by atoms with E-state index in [1.165, 1.54) is 12.1 Å². The molecule has 0 fully saturated rings. The topological polar surface area (TPSA) is 42.0 Å². The summed E-state index contributed by atoms with van der Waals surface area (Å²) < 4.78 is 0.439. The predicted octanol–water partition coefficient (Wildman–Crippen LogP) is 5.06. The minimum Gasteiger partial charge on any atom is -0.319 e. The van der Waals surface area contributed by atoms with Crippen molar-refractivity contribution in [1.29, 1.82) is 0 Å². The van der Waals surface area contributed by atoms with E-state index in [1.807, 2.05) is 0 Å². The van der Waals surface area contributed by atoms with Crippen molar-refractivity contribution >= 4 is 62.3 Å². The number of aromatic nitrogens is 1. The first-order valence-electron chi connectivity index (χ1n) is 5.05. The molecule has 0 radical (unpaired) electrons. The van der Waals surface area contributed by atoms with E-state index in [1.54, 1.807) is 18.3 Å². The van der Waals surface area contributed by atoms with Gasteiger partial charge >= 0.3 is 0 Å². The number of hydrogen-bond acceptors (Lipinski definition) is 2. The van der Waals surface area contributed by atoms with Gasteiger partial charge in [0, 0.05) is 11.2 Å². The van der Waals surface area contributed by atoms with Crippen molar-refractivity contribution in [3.05, 3.63) is 55.7 Å². The zero-order valence-electron chi connectivity index (χ0n) is 9.25. The smallest absolute Gasteiger partial charge is 0.258 e. The predicted molar refractivity (Wildman–Crippen MR) is 81.4 cm³/mol. The second-order valence-corrected chi connectivity index (χ2v) is 5.54. The van der Waals surface area contributed by atoms with Crippen molar-refractivity contribution in [2.75, 3.05) is 5.32 Å². The molecule has 1 heterocycles. The molecule has 0 atom stereocenters. The lowest BCUT2D eigenvalue weighted by Crippen LogP contribution is -2.13. The first kappa shape index (κ1) is 14.6. The molecule has 3 nitrogen and oxygen atoms in total. The van der Waals surface area contributed by atoms with Gasteiger partial charge < -0.3 is 5.32 Å². The van der Waals surface area contributed by atoms with Crippen molar-refractivity contribution in [2.45, 2.75) is 0 Å². The summed E-state index contributed by atoms with van der Waals surface area (Å²) in [6.07, 6.45) is 1.57. The van der Waals surface area contributed by atoms with Gasteiger partial charge in [-0.05, 0) is 40.2 Å². The van der Waals surface area contributed by atoms with Crippen LogP contribution in [0.3, 0.4) is 0 Å². The summed E-state index contributed by atoms with van der Waals surface area (Å²) in [6, 6.07) is 6.29. The summed E-state index contributed by atoms with van der Waals surface area (Å²) in [5.41, 5.74) is 0.693. The lowest BCUT2D eigenvalue weighted by molar-refractivity contribution is 0.102. The van der Waals surface area contributed by atoms with Gasteiger partial charge in [0.1, 0.15) is 4.60 Å². The number of nitrogens with one attached hydrogen (secondary N) is 1. The maximum atomic E-state index is 12.1. The number of pyridine rings is 1. The lowest BCUT2D eigenvalue weighted by atomic mass is 10.2. The number of halogens is 4. The molecule has 1 N–H and O–H groups in total. The van der Waals surface area contributed by atoms with Crippen molar-refractivity contribution in [3.63, 3.8) is 0 Å². The zero-order valence-corrected chi connectivity index (χ0v) is 13.1. The van der Waals surface area contributed by atoms with E-state index in [4.69, 9.17) is 34.8 Å². The molecule has 0 aliphatic heterocycles. The van der Waals surface area contributed by atoms with E-state index in [9.17, 15) is 4.79 Å². The SMILES string of the molecule is O=C(Nc1c(Cl)cc(Cl)cc1Cl)c1cccnc1Br. The second kappa shape index (κ2) is 6.09. The Hall–Kier alpha value is -0.810. The molecule has 0 saturated heterocycles. The number of anilines is 1. The molecule has 1 amide bonds. The van der Waals surface area contributed by atoms with Crippen LogP contribution >= 0.6 is 50.7 Å². The average Bonchev–Trinajstić information content (AvgIpc) is 2.34. The van der Waals surface area contributed by atoms with Crippen molar-refractivity contribution in [3.8, 4) is 0 Å². The van der Waals surface area contributed by atoms with E-state index in [0.29, 0.717) is 20.9 Å². The Morgan fingerprint density at radius 2 is 1.84 bits per heavy atom. The number of carbonyl (C=O) groups is 1. The van der Waals surface area contributed by atoms with Crippen molar-refractivity contribution < 1.29 is 4.79 Å². The Balaban J connectivity index is 2.32. The zero-order chi connectivity index (χ0) is 14.0. The number of rotatable bonds is 2. The third kappa shape index (κ3) is 3.39. The van der Waals surface area contributed by atoms with Crippen LogP contribution in [0.4, 0.5) is 5.69 Å². The van der Waals surface area contributed by atoms with Crippen LogP contribution in [0.1, 0.15) is 10.4 Å². The molecular formula is C12H6BrCl3N2O. The van der Waals surface area contributed by atoms with Crippen molar-refractivity contribution in [1.82, 2.24) is 4.98 Å². The molecular weight excluding hydrogens is 374 g/mol. The number of amides is 1. The Labute approximate surface area is 133 Å². The van der Waals surface area contributed by atoms with Crippen LogP contribution in [0.2, 0.25) is 15.1 Å². The number of hydrogen-bond donors (Lipinski definition) is 1. The first-order chi connectivity index (χ1) is 8.99. The fraction of sp³-hybridized carbons (Fsp3) is 0. The second-order valence-electron chi connectivity index (χ2n) is 3.54. The number of carbonyl (C=O) groups excluding carboxylic acids is 1. The van der Waals surface area contributed by atoms with Crippen LogP contribution in [0.15, 0.2) is 35.1 Å². The molecule has 19 heavy (non-hydrogen) atoms. The summed E-state index contributed by atoms with van der Waals surface area (Å²) in [4.78, 5) is 16.1. The van der Waals surface area contributed by atoms with Gasteiger partial charge in [-0.25, -0.2) is 4.98 Å². The Kier molecular flexibility index (Phi) is 4.68. The Bertz CT molecular complexity index is 626. The normalized spacial score (nSPS) is 10.3. The third-order valence-corrected chi connectivity index (χ3v) is 3.70. The van der Waals surface area contributed by atoms with Gasteiger partial charge in [-0.1, -0.05) is 34.8 Å². The molecule has 0 aliphatic rings. The molecule has 98 valence electrons. The van der Waals surface area contributed by atoms with Crippen LogP contribution < -0.4 is 5.32 Å². The Morgan fingerprint density at radius 1 is 1.21 bits per heavy atom. The third-order valence-electron chi connectivity index (χ3n) is 2.25. The van der Waals surface area contributed by atoms with E-state index in [2.05, 4.69) is 26.2 Å². The van der Waals surface area contributed by atoms with E-state index in [0.717, 1.165) is 0 Å². The van der Waals surface area contributed by atoms with Gasteiger partial charge in [0.2, 0.25) is 0 Å². The van der Waals surface area contributed by atoms with E-state index >= 15 is 0 Å². The highest BCUT2D eigenvalue weighted by Gasteiger charge is 2.15. The van der Waals surface area contributed by atoms with Crippen LogP contribution in [-0.4, -0.2) is 10.9 Å². The summed E-state index contributed by atoms with van der Waals surface area (Å²) in [5, 5.41) is 3.57. The molecule has 0 spiro atoms. The standard InChI is InChI=1S/C12H6BrCl3N2O/c13-11-7(2-1-3-17-11)12(19)18-10-8(15)4-6(14)5-9(10)16/h1-5H,(H,18,19). The quantitative estimate of drug-likeness (QED) is 0.740. The van der Waals surface area contributed by atoms with Gasteiger partial charge in [0.05, 0.1) is 21.3 Å².